The quantitative estimate of drug-likeness (QED) is 0.919. The van der Waals surface area contributed by atoms with Crippen molar-refractivity contribution < 1.29 is 9.53 Å². The van der Waals surface area contributed by atoms with Crippen molar-refractivity contribution in [2.45, 2.75) is 37.3 Å². The molecule has 0 aromatic heterocycles. The molecule has 130 valence electrons. The van der Waals surface area contributed by atoms with Crippen molar-refractivity contribution in [1.29, 1.82) is 0 Å². The van der Waals surface area contributed by atoms with Crippen LogP contribution in [0.4, 0.5) is 4.79 Å². The van der Waals surface area contributed by atoms with Crippen LogP contribution in [0, 0.1) is 0 Å². The maximum atomic E-state index is 12.4. The number of hydrogen-bond donors (Lipinski definition) is 1. The van der Waals surface area contributed by atoms with Gasteiger partial charge in [-0.25, -0.2) is 4.79 Å². The van der Waals surface area contributed by atoms with Crippen LogP contribution in [0.5, 0.6) is 0 Å². The monoisotopic (exact) mass is 329 g/mol. The fourth-order valence-electron chi connectivity index (χ4n) is 3.88. The van der Waals surface area contributed by atoms with E-state index in [0.717, 1.165) is 45.8 Å². The minimum Gasteiger partial charge on any atom is -0.377 e. The molecule has 1 aromatic carbocycles. The van der Waals surface area contributed by atoms with Gasteiger partial charge in [0.05, 0.1) is 6.10 Å². The topological polar surface area (TPSA) is 44.8 Å². The van der Waals surface area contributed by atoms with Crippen LogP contribution in [-0.2, 0) is 4.74 Å². The van der Waals surface area contributed by atoms with E-state index < -0.39 is 0 Å². The second kappa shape index (κ2) is 7.11. The molecule has 3 fully saturated rings. The third-order valence-corrected chi connectivity index (χ3v) is 5.47. The first-order valence-corrected chi connectivity index (χ1v) is 9.24. The standard InChI is InChI=1S/C19H27N3O2/c23-19(20-18-13-17(18)15-5-2-1-3-6-15)22-10-8-21(9-11-22)14-16-7-4-12-24-16/h1-3,5-6,16-18H,4,7-14H2,(H,20,23)/t16-,17+,18+/m0/s1. The molecule has 1 saturated carbocycles. The fraction of sp³-hybridized carbons (Fsp3) is 0.632. The Balaban J connectivity index is 1.20. The molecule has 1 aromatic rings. The maximum absolute atomic E-state index is 12.4. The van der Waals surface area contributed by atoms with E-state index in [-0.39, 0.29) is 6.03 Å². The van der Waals surface area contributed by atoms with Gasteiger partial charge in [-0.05, 0) is 24.8 Å². The van der Waals surface area contributed by atoms with Gasteiger partial charge in [0.15, 0.2) is 0 Å². The predicted octanol–water partition coefficient (Wildman–Crippen LogP) is 2.05. The van der Waals surface area contributed by atoms with Gasteiger partial charge in [-0.1, -0.05) is 30.3 Å². The molecular formula is C19H27N3O2. The van der Waals surface area contributed by atoms with Crippen LogP contribution in [0.1, 0.15) is 30.7 Å². The van der Waals surface area contributed by atoms with Crippen molar-refractivity contribution in [3.63, 3.8) is 0 Å². The van der Waals surface area contributed by atoms with E-state index in [1.807, 2.05) is 11.0 Å². The summed E-state index contributed by atoms with van der Waals surface area (Å²) in [4.78, 5) is 16.8. The van der Waals surface area contributed by atoms with Crippen molar-refractivity contribution in [3.05, 3.63) is 35.9 Å². The van der Waals surface area contributed by atoms with E-state index in [2.05, 4.69) is 34.5 Å². The number of ether oxygens (including phenoxy) is 1. The summed E-state index contributed by atoms with van der Waals surface area (Å²) in [6.45, 7) is 5.49. The highest BCUT2D eigenvalue weighted by molar-refractivity contribution is 5.75. The average molecular weight is 329 g/mol. The summed E-state index contributed by atoms with van der Waals surface area (Å²) >= 11 is 0. The smallest absolute Gasteiger partial charge is 0.317 e. The van der Waals surface area contributed by atoms with Crippen LogP contribution in [-0.4, -0.2) is 67.3 Å². The number of carbonyl (C=O) groups excluding carboxylic acids is 1. The number of amides is 2. The van der Waals surface area contributed by atoms with E-state index in [1.165, 1.54) is 18.4 Å². The molecule has 0 radical (unpaired) electrons. The van der Waals surface area contributed by atoms with E-state index in [1.54, 1.807) is 0 Å². The number of nitrogens with zero attached hydrogens (tertiary/aromatic N) is 2. The normalized spacial score (nSPS) is 30.3. The molecule has 24 heavy (non-hydrogen) atoms. The molecule has 0 spiro atoms. The van der Waals surface area contributed by atoms with Crippen LogP contribution >= 0.6 is 0 Å². The lowest BCUT2D eigenvalue weighted by Crippen LogP contribution is -2.53. The molecule has 2 amide bonds. The van der Waals surface area contributed by atoms with Crippen molar-refractivity contribution in [1.82, 2.24) is 15.1 Å². The Morgan fingerprint density at radius 2 is 1.96 bits per heavy atom. The number of urea groups is 1. The Morgan fingerprint density at radius 1 is 1.17 bits per heavy atom. The molecule has 2 aliphatic heterocycles. The van der Waals surface area contributed by atoms with Gasteiger partial charge in [0.1, 0.15) is 0 Å². The molecule has 2 saturated heterocycles. The van der Waals surface area contributed by atoms with E-state index >= 15 is 0 Å². The number of piperazine rings is 1. The summed E-state index contributed by atoms with van der Waals surface area (Å²) in [5.41, 5.74) is 1.34. The van der Waals surface area contributed by atoms with Crippen LogP contribution in [0.15, 0.2) is 30.3 Å². The van der Waals surface area contributed by atoms with Crippen LogP contribution in [0.3, 0.4) is 0 Å². The minimum atomic E-state index is 0.107. The number of hydrogen-bond acceptors (Lipinski definition) is 3. The largest absolute Gasteiger partial charge is 0.377 e. The van der Waals surface area contributed by atoms with Crippen molar-refractivity contribution in [2.24, 2.45) is 0 Å². The third-order valence-electron chi connectivity index (χ3n) is 5.47. The zero-order valence-corrected chi connectivity index (χ0v) is 14.2. The van der Waals surface area contributed by atoms with Crippen LogP contribution in [0.25, 0.3) is 0 Å². The van der Waals surface area contributed by atoms with Gasteiger partial charge < -0.3 is 15.0 Å². The summed E-state index contributed by atoms with van der Waals surface area (Å²) in [6.07, 6.45) is 3.85. The molecule has 5 heteroatoms. The molecule has 3 atom stereocenters. The summed E-state index contributed by atoms with van der Waals surface area (Å²) in [6, 6.07) is 10.9. The average Bonchev–Trinajstić information content (AvgIpc) is 3.19. The third kappa shape index (κ3) is 3.73. The second-order valence-electron chi connectivity index (χ2n) is 7.23. The van der Waals surface area contributed by atoms with Crippen LogP contribution in [0.2, 0.25) is 0 Å². The summed E-state index contributed by atoms with van der Waals surface area (Å²) in [5.74, 6) is 0.496. The van der Waals surface area contributed by atoms with Gasteiger partial charge in [0, 0.05) is 51.3 Å². The Kier molecular flexibility index (Phi) is 4.72. The molecular weight excluding hydrogens is 302 g/mol. The fourth-order valence-corrected chi connectivity index (χ4v) is 3.88. The van der Waals surface area contributed by atoms with Gasteiger partial charge >= 0.3 is 6.03 Å². The van der Waals surface area contributed by atoms with E-state index in [0.29, 0.717) is 18.1 Å². The van der Waals surface area contributed by atoms with Gasteiger partial charge in [-0.15, -0.1) is 0 Å². The Morgan fingerprint density at radius 3 is 2.67 bits per heavy atom. The summed E-state index contributed by atoms with van der Waals surface area (Å²) in [7, 11) is 0. The first-order chi connectivity index (χ1) is 11.8. The first kappa shape index (κ1) is 15.9. The first-order valence-electron chi connectivity index (χ1n) is 9.24. The number of carbonyl (C=O) groups is 1. The van der Waals surface area contributed by atoms with Crippen LogP contribution < -0.4 is 5.32 Å². The SMILES string of the molecule is O=C(N[C@@H]1C[C@@H]1c1ccccc1)N1CCN(C[C@@H]2CCCO2)CC1. The summed E-state index contributed by atoms with van der Waals surface area (Å²) in [5, 5.41) is 3.20. The molecule has 2 heterocycles. The lowest BCUT2D eigenvalue weighted by molar-refractivity contribution is 0.0561. The lowest BCUT2D eigenvalue weighted by atomic mass is 10.1. The van der Waals surface area contributed by atoms with E-state index in [4.69, 9.17) is 4.74 Å². The predicted molar refractivity (Wildman–Crippen MR) is 93.1 cm³/mol. The zero-order chi connectivity index (χ0) is 16.4. The molecule has 1 aliphatic carbocycles. The molecule has 5 nitrogen and oxygen atoms in total. The molecule has 1 N–H and O–H groups in total. The molecule has 3 aliphatic rings. The van der Waals surface area contributed by atoms with Gasteiger partial charge in [0.25, 0.3) is 0 Å². The highest BCUT2D eigenvalue weighted by atomic mass is 16.5. The summed E-state index contributed by atoms with van der Waals surface area (Å²) < 4.78 is 5.71. The second-order valence-corrected chi connectivity index (χ2v) is 7.23. The maximum Gasteiger partial charge on any atom is 0.317 e. The van der Waals surface area contributed by atoms with Gasteiger partial charge in [0.2, 0.25) is 0 Å². The van der Waals surface area contributed by atoms with Crippen molar-refractivity contribution in [3.8, 4) is 0 Å². The van der Waals surface area contributed by atoms with Crippen molar-refractivity contribution in [2.75, 3.05) is 39.3 Å². The number of benzene rings is 1. The minimum absolute atomic E-state index is 0.107. The molecule has 0 unspecified atom stereocenters. The molecule has 4 rings (SSSR count). The number of rotatable bonds is 4. The Labute approximate surface area is 144 Å². The Bertz CT molecular complexity index is 551. The van der Waals surface area contributed by atoms with Crippen molar-refractivity contribution >= 4 is 6.03 Å². The molecule has 0 bridgehead atoms. The van der Waals surface area contributed by atoms with Gasteiger partial charge in [-0.3, -0.25) is 4.90 Å². The van der Waals surface area contributed by atoms with Gasteiger partial charge in [-0.2, -0.15) is 0 Å². The van der Waals surface area contributed by atoms with E-state index in [9.17, 15) is 4.79 Å². The lowest BCUT2D eigenvalue weighted by Gasteiger charge is -2.35. The number of nitrogens with one attached hydrogen (secondary N) is 1. The zero-order valence-electron chi connectivity index (χ0n) is 14.2. The highest BCUT2D eigenvalue weighted by Gasteiger charge is 2.40. The highest BCUT2D eigenvalue weighted by Crippen LogP contribution is 2.40. The Hall–Kier alpha value is -1.59.